The maximum Gasteiger partial charge on any atom is 0.126 e. The van der Waals surface area contributed by atoms with Crippen molar-refractivity contribution in [2.45, 2.75) is 86.5 Å². The van der Waals surface area contributed by atoms with Crippen molar-refractivity contribution in [3.63, 3.8) is 0 Å². The molecule has 1 unspecified atom stereocenters. The zero-order valence-electron chi connectivity index (χ0n) is 22.3. The molecule has 2 aromatic rings. The Hall–Kier alpha value is -2.87. The molecule has 1 aliphatic carbocycles. The van der Waals surface area contributed by atoms with Crippen LogP contribution in [-0.4, -0.2) is 0 Å². The SMILES string of the molecule is C.C=CCc1c(F)cccc1CCCCCC1=CC(Nc2ccc(C)cc2)=C(C=C)CC1CC.CC. The molecule has 0 aliphatic heterocycles. The Morgan fingerprint density at radius 2 is 1.69 bits per heavy atom. The number of rotatable bonds is 12. The third-order valence-electron chi connectivity index (χ3n) is 6.71. The number of aryl methyl sites for hydroxylation is 2. The molecule has 1 nitrogen and oxygen atoms in total. The van der Waals surface area contributed by atoms with E-state index < -0.39 is 0 Å². The Balaban J connectivity index is 0.00000211. The van der Waals surface area contributed by atoms with Gasteiger partial charge in [-0.1, -0.05) is 88.8 Å². The van der Waals surface area contributed by atoms with Gasteiger partial charge in [0.25, 0.3) is 0 Å². The van der Waals surface area contributed by atoms with Crippen molar-refractivity contribution in [1.82, 2.24) is 0 Å². The number of anilines is 1. The van der Waals surface area contributed by atoms with Crippen molar-refractivity contribution in [2.75, 3.05) is 5.32 Å². The van der Waals surface area contributed by atoms with E-state index in [0.29, 0.717) is 12.3 Å². The van der Waals surface area contributed by atoms with E-state index in [4.69, 9.17) is 0 Å². The molecule has 3 rings (SSSR count). The second-order valence-corrected chi connectivity index (χ2v) is 9.09. The molecule has 2 heteroatoms. The number of allylic oxidation sites excluding steroid dienone is 5. The predicted octanol–water partition coefficient (Wildman–Crippen LogP) is 10.5. The molecule has 0 amide bonds. The highest BCUT2D eigenvalue weighted by atomic mass is 19.1. The molecular formula is C34H48FN. The Bertz CT molecular complexity index is 1010. The summed E-state index contributed by atoms with van der Waals surface area (Å²) in [5.41, 5.74) is 8.33. The molecule has 196 valence electrons. The average molecular weight is 490 g/mol. The van der Waals surface area contributed by atoms with E-state index in [1.807, 2.05) is 26.0 Å². The summed E-state index contributed by atoms with van der Waals surface area (Å²) in [6.07, 6.45) is 14.4. The van der Waals surface area contributed by atoms with E-state index >= 15 is 0 Å². The molecule has 0 saturated carbocycles. The van der Waals surface area contributed by atoms with Crippen molar-refractivity contribution in [3.05, 3.63) is 113 Å². The number of nitrogens with one attached hydrogen (secondary N) is 1. The fourth-order valence-electron chi connectivity index (χ4n) is 4.72. The predicted molar refractivity (Wildman–Crippen MR) is 159 cm³/mol. The Morgan fingerprint density at radius 1 is 1.00 bits per heavy atom. The first-order valence-corrected chi connectivity index (χ1v) is 13.3. The molecule has 0 heterocycles. The summed E-state index contributed by atoms with van der Waals surface area (Å²) in [4.78, 5) is 0. The number of hydrogen-bond donors (Lipinski definition) is 1. The lowest BCUT2D eigenvalue weighted by Crippen LogP contribution is -2.14. The van der Waals surface area contributed by atoms with Gasteiger partial charge in [-0.2, -0.15) is 0 Å². The lowest BCUT2D eigenvalue weighted by molar-refractivity contribution is 0.539. The van der Waals surface area contributed by atoms with Crippen molar-refractivity contribution >= 4 is 5.69 Å². The lowest BCUT2D eigenvalue weighted by atomic mass is 9.81. The normalized spacial score (nSPS) is 14.7. The fraction of sp³-hybridized carbons (Fsp3) is 0.412. The summed E-state index contributed by atoms with van der Waals surface area (Å²) >= 11 is 0. The average Bonchev–Trinajstić information content (AvgIpc) is 2.88. The highest BCUT2D eigenvalue weighted by molar-refractivity contribution is 5.55. The standard InChI is InChI=1S/C31H38FN.C2H6.CH4/c1-5-12-29-26(15-11-16-30(29)32)13-9-8-10-14-27-22-31(25(7-3)21-24(27)6-2)33-28-19-17-23(4)18-20-28;1-2;/h5,7,11,15-20,22,24,33H,1,3,6,8-10,12-14,21H2,2,4H3;1-2H3;1H4. The molecule has 1 atom stereocenters. The summed E-state index contributed by atoms with van der Waals surface area (Å²) in [5.74, 6) is 0.480. The van der Waals surface area contributed by atoms with Crippen LogP contribution in [0.15, 0.2) is 90.7 Å². The second-order valence-electron chi connectivity index (χ2n) is 9.09. The zero-order chi connectivity index (χ0) is 25.6. The monoisotopic (exact) mass is 489 g/mol. The van der Waals surface area contributed by atoms with Crippen LogP contribution in [0.25, 0.3) is 0 Å². The van der Waals surface area contributed by atoms with E-state index in [1.54, 1.807) is 12.1 Å². The highest BCUT2D eigenvalue weighted by Gasteiger charge is 2.20. The van der Waals surface area contributed by atoms with Gasteiger partial charge < -0.3 is 5.32 Å². The molecule has 0 radical (unpaired) electrons. The first-order valence-electron chi connectivity index (χ1n) is 13.3. The summed E-state index contributed by atoms with van der Waals surface area (Å²) in [6.45, 7) is 16.2. The summed E-state index contributed by atoms with van der Waals surface area (Å²) in [7, 11) is 0. The molecule has 0 saturated heterocycles. The molecule has 1 aliphatic rings. The Morgan fingerprint density at radius 3 is 2.33 bits per heavy atom. The molecule has 0 bridgehead atoms. The van der Waals surface area contributed by atoms with Crippen molar-refractivity contribution < 1.29 is 4.39 Å². The smallest absolute Gasteiger partial charge is 0.126 e. The Kier molecular flexibility index (Phi) is 14.5. The minimum atomic E-state index is -0.107. The number of halogens is 1. The van der Waals surface area contributed by atoms with Gasteiger partial charge in [-0.3, -0.25) is 0 Å². The van der Waals surface area contributed by atoms with Gasteiger partial charge in [0.1, 0.15) is 5.82 Å². The third kappa shape index (κ3) is 8.97. The topological polar surface area (TPSA) is 12.0 Å². The van der Waals surface area contributed by atoms with Gasteiger partial charge in [0, 0.05) is 11.4 Å². The maximum atomic E-state index is 14.1. The van der Waals surface area contributed by atoms with E-state index in [-0.39, 0.29) is 13.2 Å². The molecule has 0 spiro atoms. The van der Waals surface area contributed by atoms with E-state index in [0.717, 1.165) is 61.8 Å². The van der Waals surface area contributed by atoms with Crippen molar-refractivity contribution in [1.29, 1.82) is 0 Å². The van der Waals surface area contributed by atoms with E-state index in [2.05, 4.69) is 68.7 Å². The van der Waals surface area contributed by atoms with Crippen molar-refractivity contribution in [2.24, 2.45) is 5.92 Å². The van der Waals surface area contributed by atoms with Gasteiger partial charge in [-0.05, 0) is 98.8 Å². The quantitative estimate of drug-likeness (QED) is 0.231. The van der Waals surface area contributed by atoms with Gasteiger partial charge in [-0.15, -0.1) is 6.58 Å². The second kappa shape index (κ2) is 16.7. The summed E-state index contributed by atoms with van der Waals surface area (Å²) < 4.78 is 14.1. The Labute approximate surface area is 220 Å². The molecule has 1 N–H and O–H groups in total. The van der Waals surface area contributed by atoms with Crippen LogP contribution in [0.3, 0.4) is 0 Å². The summed E-state index contributed by atoms with van der Waals surface area (Å²) in [6, 6.07) is 14.0. The fourth-order valence-corrected chi connectivity index (χ4v) is 4.72. The number of hydrogen-bond acceptors (Lipinski definition) is 1. The van der Waals surface area contributed by atoms with Gasteiger partial charge >= 0.3 is 0 Å². The van der Waals surface area contributed by atoms with Gasteiger partial charge in [0.05, 0.1) is 0 Å². The first kappa shape index (κ1) is 31.2. The number of benzene rings is 2. The van der Waals surface area contributed by atoms with E-state index in [9.17, 15) is 4.39 Å². The van der Waals surface area contributed by atoms with Crippen LogP contribution in [0.5, 0.6) is 0 Å². The van der Waals surface area contributed by atoms with Gasteiger partial charge in [-0.25, -0.2) is 4.39 Å². The van der Waals surface area contributed by atoms with E-state index in [1.165, 1.54) is 22.4 Å². The zero-order valence-corrected chi connectivity index (χ0v) is 22.3. The van der Waals surface area contributed by atoms with Crippen LogP contribution in [0, 0.1) is 18.7 Å². The molecule has 0 fully saturated rings. The summed E-state index contributed by atoms with van der Waals surface area (Å²) in [5, 5.41) is 3.62. The van der Waals surface area contributed by atoms with Crippen LogP contribution >= 0.6 is 0 Å². The van der Waals surface area contributed by atoms with Crippen LogP contribution in [0.1, 0.15) is 83.4 Å². The molecular weight excluding hydrogens is 441 g/mol. The molecule has 2 aromatic carbocycles. The minimum absolute atomic E-state index is 0. The van der Waals surface area contributed by atoms with Crippen LogP contribution < -0.4 is 5.32 Å². The maximum absolute atomic E-state index is 14.1. The van der Waals surface area contributed by atoms with Gasteiger partial charge in [0.2, 0.25) is 0 Å². The lowest BCUT2D eigenvalue weighted by Gasteiger charge is -2.27. The third-order valence-corrected chi connectivity index (χ3v) is 6.71. The minimum Gasteiger partial charge on any atom is -0.355 e. The van der Waals surface area contributed by atoms with Crippen LogP contribution in [0.2, 0.25) is 0 Å². The van der Waals surface area contributed by atoms with Crippen LogP contribution in [-0.2, 0) is 12.8 Å². The number of unbranched alkanes of at least 4 members (excludes halogenated alkanes) is 2. The first-order chi connectivity index (χ1) is 17.0. The highest BCUT2D eigenvalue weighted by Crippen LogP contribution is 2.35. The molecule has 0 aromatic heterocycles. The largest absolute Gasteiger partial charge is 0.355 e. The molecule has 36 heavy (non-hydrogen) atoms. The van der Waals surface area contributed by atoms with Crippen LogP contribution in [0.4, 0.5) is 10.1 Å². The van der Waals surface area contributed by atoms with Crippen molar-refractivity contribution in [3.8, 4) is 0 Å². The van der Waals surface area contributed by atoms with Gasteiger partial charge in [0.15, 0.2) is 0 Å².